The normalized spacial score (nSPS) is 15.4. The first kappa shape index (κ1) is 17.2. The summed E-state index contributed by atoms with van der Waals surface area (Å²) in [6.45, 7) is 4.58. The maximum Gasteiger partial charge on any atom is 0.119 e. The predicted molar refractivity (Wildman–Crippen MR) is 108 cm³/mol. The van der Waals surface area contributed by atoms with Crippen LogP contribution in [0, 0.1) is 0 Å². The quantitative estimate of drug-likeness (QED) is 0.641. The van der Waals surface area contributed by atoms with Crippen molar-refractivity contribution >= 4 is 10.9 Å². The van der Waals surface area contributed by atoms with Gasteiger partial charge in [0.25, 0.3) is 0 Å². The lowest BCUT2D eigenvalue weighted by molar-refractivity contribution is 0.231. The van der Waals surface area contributed by atoms with E-state index in [4.69, 9.17) is 4.74 Å². The van der Waals surface area contributed by atoms with E-state index in [0.717, 1.165) is 25.3 Å². The Morgan fingerprint density at radius 2 is 1.77 bits per heavy atom. The molecule has 3 heteroatoms. The summed E-state index contributed by atoms with van der Waals surface area (Å²) >= 11 is 0. The number of fused-ring (bicyclic) bond motifs is 1. The first-order chi connectivity index (χ1) is 12.8. The molecule has 1 fully saturated rings. The van der Waals surface area contributed by atoms with Crippen LogP contribution >= 0.6 is 0 Å². The van der Waals surface area contributed by atoms with Gasteiger partial charge in [0.1, 0.15) is 5.75 Å². The molecule has 1 aliphatic rings. The molecular formula is C23H28N2O. The Bertz CT molecular complexity index is 847. The Morgan fingerprint density at radius 3 is 2.54 bits per heavy atom. The third kappa shape index (κ3) is 3.78. The lowest BCUT2D eigenvalue weighted by Crippen LogP contribution is -2.31. The van der Waals surface area contributed by atoms with Crippen LogP contribution in [0.15, 0.2) is 54.7 Å². The van der Waals surface area contributed by atoms with Crippen molar-refractivity contribution in [3.63, 3.8) is 0 Å². The summed E-state index contributed by atoms with van der Waals surface area (Å²) in [5.41, 5.74) is 4.06. The number of benzene rings is 2. The van der Waals surface area contributed by atoms with E-state index in [1.165, 1.54) is 54.4 Å². The Kier molecular flexibility index (Phi) is 5.26. The minimum absolute atomic E-state index is 0.910. The monoisotopic (exact) mass is 348 g/mol. The fraction of sp³-hybridized carbons (Fsp3) is 0.391. The SMILES string of the molecule is COc1ccc2c(c1)c(CCN1CCCCC1)cn2Cc1ccccc1. The zero-order valence-electron chi connectivity index (χ0n) is 15.7. The van der Waals surface area contributed by atoms with Crippen LogP contribution in [0.3, 0.4) is 0 Å². The molecule has 3 aromatic rings. The van der Waals surface area contributed by atoms with Crippen molar-refractivity contribution in [2.24, 2.45) is 0 Å². The molecule has 0 unspecified atom stereocenters. The minimum atomic E-state index is 0.910. The predicted octanol–water partition coefficient (Wildman–Crippen LogP) is 4.73. The molecule has 0 saturated carbocycles. The molecule has 0 aliphatic carbocycles. The van der Waals surface area contributed by atoms with E-state index in [1.807, 2.05) is 0 Å². The van der Waals surface area contributed by atoms with Crippen molar-refractivity contribution in [3.8, 4) is 5.75 Å². The standard InChI is InChI=1S/C23H28N2O/c1-26-21-10-11-23-22(16-21)20(12-15-24-13-6-3-7-14-24)18-25(23)17-19-8-4-2-5-9-19/h2,4-5,8-11,16,18H,3,6-7,12-15,17H2,1H3. The van der Waals surface area contributed by atoms with Crippen molar-refractivity contribution in [2.75, 3.05) is 26.7 Å². The maximum absolute atomic E-state index is 5.48. The molecule has 3 nitrogen and oxygen atoms in total. The van der Waals surface area contributed by atoms with Gasteiger partial charge in [-0.05, 0) is 61.7 Å². The molecule has 0 bridgehead atoms. The third-order valence-corrected chi connectivity index (χ3v) is 5.51. The highest BCUT2D eigenvalue weighted by molar-refractivity contribution is 5.85. The van der Waals surface area contributed by atoms with Crippen LogP contribution in [0.4, 0.5) is 0 Å². The number of aromatic nitrogens is 1. The van der Waals surface area contributed by atoms with Gasteiger partial charge in [-0.15, -0.1) is 0 Å². The number of ether oxygens (including phenoxy) is 1. The summed E-state index contributed by atoms with van der Waals surface area (Å²) in [5, 5.41) is 1.33. The van der Waals surface area contributed by atoms with Gasteiger partial charge in [-0.25, -0.2) is 0 Å². The summed E-state index contributed by atoms with van der Waals surface area (Å²) in [4.78, 5) is 2.62. The molecular weight excluding hydrogens is 320 g/mol. The molecule has 2 aromatic carbocycles. The smallest absolute Gasteiger partial charge is 0.119 e. The first-order valence-corrected chi connectivity index (χ1v) is 9.75. The highest BCUT2D eigenvalue weighted by Crippen LogP contribution is 2.27. The molecule has 136 valence electrons. The molecule has 2 heterocycles. The second-order valence-corrected chi connectivity index (χ2v) is 7.30. The van der Waals surface area contributed by atoms with Crippen LogP contribution in [-0.2, 0) is 13.0 Å². The number of rotatable bonds is 6. The van der Waals surface area contributed by atoms with Crippen LogP contribution in [0.5, 0.6) is 5.75 Å². The fourth-order valence-corrected chi connectivity index (χ4v) is 4.05. The summed E-state index contributed by atoms with van der Waals surface area (Å²) in [6.07, 6.45) is 7.55. The second kappa shape index (κ2) is 7.96. The van der Waals surface area contributed by atoms with Crippen molar-refractivity contribution in [1.29, 1.82) is 0 Å². The van der Waals surface area contributed by atoms with Gasteiger partial charge in [-0.1, -0.05) is 36.8 Å². The molecule has 0 amide bonds. The Hall–Kier alpha value is -2.26. The topological polar surface area (TPSA) is 17.4 Å². The summed E-state index contributed by atoms with van der Waals surface area (Å²) in [6, 6.07) is 17.2. The number of hydrogen-bond acceptors (Lipinski definition) is 2. The second-order valence-electron chi connectivity index (χ2n) is 7.30. The fourth-order valence-electron chi connectivity index (χ4n) is 4.05. The van der Waals surface area contributed by atoms with E-state index in [0.29, 0.717) is 0 Å². The Balaban J connectivity index is 1.62. The van der Waals surface area contributed by atoms with E-state index in [1.54, 1.807) is 7.11 Å². The van der Waals surface area contributed by atoms with Crippen LogP contribution in [-0.4, -0.2) is 36.2 Å². The highest BCUT2D eigenvalue weighted by Gasteiger charge is 2.14. The highest BCUT2D eigenvalue weighted by atomic mass is 16.5. The number of nitrogens with zero attached hydrogens (tertiary/aromatic N) is 2. The van der Waals surface area contributed by atoms with Gasteiger partial charge >= 0.3 is 0 Å². The zero-order valence-corrected chi connectivity index (χ0v) is 15.7. The van der Waals surface area contributed by atoms with Crippen LogP contribution < -0.4 is 4.74 Å². The van der Waals surface area contributed by atoms with E-state index >= 15 is 0 Å². The van der Waals surface area contributed by atoms with Gasteiger partial charge < -0.3 is 14.2 Å². The molecule has 1 aliphatic heterocycles. The number of likely N-dealkylation sites (tertiary alicyclic amines) is 1. The summed E-state index contributed by atoms with van der Waals surface area (Å²) in [5.74, 6) is 0.939. The molecule has 0 N–H and O–H groups in total. The van der Waals surface area contributed by atoms with Gasteiger partial charge in [0.2, 0.25) is 0 Å². The van der Waals surface area contributed by atoms with Crippen LogP contribution in [0.1, 0.15) is 30.4 Å². The van der Waals surface area contributed by atoms with E-state index in [2.05, 4.69) is 64.2 Å². The Morgan fingerprint density at radius 1 is 0.962 bits per heavy atom. The first-order valence-electron chi connectivity index (χ1n) is 9.75. The molecule has 1 saturated heterocycles. The van der Waals surface area contributed by atoms with E-state index in [-0.39, 0.29) is 0 Å². The van der Waals surface area contributed by atoms with Gasteiger partial charge in [0, 0.05) is 30.2 Å². The van der Waals surface area contributed by atoms with Crippen LogP contribution in [0.2, 0.25) is 0 Å². The number of piperidine rings is 1. The number of methoxy groups -OCH3 is 1. The molecule has 26 heavy (non-hydrogen) atoms. The van der Waals surface area contributed by atoms with Gasteiger partial charge in [-0.2, -0.15) is 0 Å². The van der Waals surface area contributed by atoms with Crippen LogP contribution in [0.25, 0.3) is 10.9 Å². The summed E-state index contributed by atoms with van der Waals surface area (Å²) < 4.78 is 7.86. The molecule has 0 radical (unpaired) electrons. The zero-order chi connectivity index (χ0) is 17.8. The average molecular weight is 348 g/mol. The molecule has 0 spiro atoms. The molecule has 4 rings (SSSR count). The van der Waals surface area contributed by atoms with Crippen molar-refractivity contribution in [3.05, 3.63) is 65.9 Å². The van der Waals surface area contributed by atoms with Crippen molar-refractivity contribution in [1.82, 2.24) is 9.47 Å². The average Bonchev–Trinajstić information content (AvgIpc) is 3.04. The lowest BCUT2D eigenvalue weighted by Gasteiger charge is -2.26. The lowest BCUT2D eigenvalue weighted by atomic mass is 10.1. The van der Waals surface area contributed by atoms with Gasteiger partial charge in [0.05, 0.1) is 7.11 Å². The minimum Gasteiger partial charge on any atom is -0.497 e. The largest absolute Gasteiger partial charge is 0.497 e. The van der Waals surface area contributed by atoms with Crippen molar-refractivity contribution in [2.45, 2.75) is 32.2 Å². The van der Waals surface area contributed by atoms with Crippen molar-refractivity contribution < 1.29 is 4.74 Å². The third-order valence-electron chi connectivity index (χ3n) is 5.51. The number of hydrogen-bond donors (Lipinski definition) is 0. The maximum atomic E-state index is 5.48. The molecule has 0 atom stereocenters. The van der Waals surface area contributed by atoms with Gasteiger partial charge in [-0.3, -0.25) is 0 Å². The van der Waals surface area contributed by atoms with E-state index in [9.17, 15) is 0 Å². The summed E-state index contributed by atoms with van der Waals surface area (Å²) in [7, 11) is 1.75. The van der Waals surface area contributed by atoms with Gasteiger partial charge in [0.15, 0.2) is 0 Å². The Labute approximate surface area is 156 Å². The van der Waals surface area contributed by atoms with E-state index < -0.39 is 0 Å². The molecule has 1 aromatic heterocycles.